The summed E-state index contributed by atoms with van der Waals surface area (Å²) >= 11 is 11.9. The molecule has 0 aromatic heterocycles. The normalized spacial score (nSPS) is 22.7. The van der Waals surface area contributed by atoms with Gasteiger partial charge in [0.2, 0.25) is 12.0 Å². The van der Waals surface area contributed by atoms with Crippen molar-refractivity contribution in [2.75, 3.05) is 6.61 Å². The first kappa shape index (κ1) is 17.9. The number of hydrazine groups is 1. The van der Waals surface area contributed by atoms with Crippen LogP contribution in [0.15, 0.2) is 42.5 Å². The van der Waals surface area contributed by atoms with E-state index in [1.165, 1.54) is 0 Å². The average Bonchev–Trinajstić information content (AvgIpc) is 3.48. The fourth-order valence-electron chi connectivity index (χ4n) is 3.04. The Morgan fingerprint density at radius 3 is 2.48 bits per heavy atom. The second kappa shape index (κ2) is 7.29. The molecule has 8 heteroatoms. The van der Waals surface area contributed by atoms with Crippen molar-refractivity contribution < 1.29 is 19.1 Å². The number of fused-ring (bicyclic) bond motifs is 1. The number of hydrogen-bond donors (Lipinski definition) is 2. The summed E-state index contributed by atoms with van der Waals surface area (Å²) in [6.07, 6.45) is -0.138. The molecule has 4 rings (SSSR count). The Labute approximate surface area is 165 Å². The monoisotopic (exact) mass is 406 g/mol. The molecular weight excluding hydrogens is 391 g/mol. The van der Waals surface area contributed by atoms with Gasteiger partial charge in [-0.3, -0.25) is 20.4 Å². The molecule has 1 saturated carbocycles. The Morgan fingerprint density at radius 2 is 1.70 bits per heavy atom. The van der Waals surface area contributed by atoms with Crippen LogP contribution in [0, 0.1) is 5.92 Å². The van der Waals surface area contributed by atoms with Crippen LogP contribution in [0.1, 0.15) is 17.9 Å². The van der Waals surface area contributed by atoms with Crippen LogP contribution in [0.5, 0.6) is 11.5 Å². The Kier molecular flexibility index (Phi) is 4.85. The van der Waals surface area contributed by atoms with Gasteiger partial charge in [-0.15, -0.1) is 0 Å². The van der Waals surface area contributed by atoms with Gasteiger partial charge in [0.05, 0.1) is 10.0 Å². The topological polar surface area (TPSA) is 76.7 Å². The van der Waals surface area contributed by atoms with Crippen LogP contribution in [0.25, 0.3) is 0 Å². The van der Waals surface area contributed by atoms with Gasteiger partial charge in [0.1, 0.15) is 6.61 Å². The van der Waals surface area contributed by atoms with Gasteiger partial charge in [0.15, 0.2) is 11.5 Å². The first-order valence-electron chi connectivity index (χ1n) is 8.46. The molecule has 3 atom stereocenters. The van der Waals surface area contributed by atoms with E-state index in [9.17, 15) is 9.59 Å². The molecule has 1 aliphatic heterocycles. The zero-order valence-corrected chi connectivity index (χ0v) is 15.6. The standard InChI is InChI=1S/C19H16Cl2N2O4/c20-13-6-5-10(7-14(13)21)11-8-12(11)18(24)22-23-19(25)17-9-26-15-3-1-2-4-16(15)27-17/h1-7,11-12,17H,8-9H2,(H,22,24)(H,23,25). The van der Waals surface area contributed by atoms with Crippen molar-refractivity contribution in [3.8, 4) is 11.5 Å². The van der Waals surface area contributed by atoms with Crippen molar-refractivity contribution in [3.63, 3.8) is 0 Å². The summed E-state index contributed by atoms with van der Waals surface area (Å²) in [4.78, 5) is 24.5. The minimum absolute atomic E-state index is 0.0674. The molecule has 27 heavy (non-hydrogen) atoms. The zero-order valence-electron chi connectivity index (χ0n) is 14.1. The van der Waals surface area contributed by atoms with Gasteiger partial charge in [-0.1, -0.05) is 41.4 Å². The molecule has 1 fully saturated rings. The number of halogens is 2. The molecule has 3 unspecified atom stereocenters. The lowest BCUT2D eigenvalue weighted by atomic mass is 10.1. The van der Waals surface area contributed by atoms with Crippen LogP contribution >= 0.6 is 23.2 Å². The van der Waals surface area contributed by atoms with Crippen LogP contribution in [0.4, 0.5) is 0 Å². The van der Waals surface area contributed by atoms with Crippen LogP contribution in [-0.2, 0) is 9.59 Å². The maximum Gasteiger partial charge on any atom is 0.283 e. The van der Waals surface area contributed by atoms with Gasteiger partial charge < -0.3 is 9.47 Å². The number of para-hydroxylation sites is 2. The maximum atomic E-state index is 12.3. The first-order valence-corrected chi connectivity index (χ1v) is 9.21. The number of carbonyl (C=O) groups excluding carboxylic acids is 2. The van der Waals surface area contributed by atoms with Crippen LogP contribution in [0.3, 0.4) is 0 Å². The predicted molar refractivity (Wildman–Crippen MR) is 99.9 cm³/mol. The van der Waals surface area contributed by atoms with Crippen molar-refractivity contribution in [1.82, 2.24) is 10.9 Å². The summed E-state index contributed by atoms with van der Waals surface area (Å²) in [5.74, 6) is 0.218. The van der Waals surface area contributed by atoms with E-state index < -0.39 is 12.0 Å². The van der Waals surface area contributed by atoms with Gasteiger partial charge >= 0.3 is 0 Å². The lowest BCUT2D eigenvalue weighted by Crippen LogP contribution is -2.51. The molecule has 140 valence electrons. The number of carbonyl (C=O) groups is 2. The second-order valence-corrected chi connectivity index (χ2v) is 7.28. The lowest BCUT2D eigenvalue weighted by Gasteiger charge is -2.25. The molecule has 0 spiro atoms. The van der Waals surface area contributed by atoms with Gasteiger partial charge in [-0.05, 0) is 42.2 Å². The van der Waals surface area contributed by atoms with E-state index in [0.717, 1.165) is 5.56 Å². The first-order chi connectivity index (χ1) is 13.0. The van der Waals surface area contributed by atoms with Crippen molar-refractivity contribution in [3.05, 3.63) is 58.1 Å². The van der Waals surface area contributed by atoms with Gasteiger partial charge in [-0.25, -0.2) is 0 Å². The highest BCUT2D eigenvalue weighted by Crippen LogP contribution is 2.48. The Balaban J connectivity index is 1.29. The van der Waals surface area contributed by atoms with E-state index in [-0.39, 0.29) is 24.3 Å². The number of benzene rings is 2. The Hall–Kier alpha value is -2.44. The molecular formula is C19H16Cl2N2O4. The van der Waals surface area contributed by atoms with Gasteiger partial charge in [-0.2, -0.15) is 0 Å². The number of amides is 2. The summed E-state index contributed by atoms with van der Waals surface area (Å²) < 4.78 is 11.1. The van der Waals surface area contributed by atoms with Crippen molar-refractivity contribution in [1.29, 1.82) is 0 Å². The number of hydrogen-bond acceptors (Lipinski definition) is 4. The SMILES string of the molecule is O=C(NNC(=O)C1CC1c1ccc(Cl)c(Cl)c1)C1COc2ccccc2O1. The quantitative estimate of drug-likeness (QED) is 0.767. The number of rotatable bonds is 3. The number of ether oxygens (including phenoxy) is 2. The average molecular weight is 407 g/mol. The summed E-state index contributed by atoms with van der Waals surface area (Å²) in [6, 6.07) is 12.4. The van der Waals surface area contributed by atoms with E-state index in [1.807, 2.05) is 12.1 Å². The summed E-state index contributed by atoms with van der Waals surface area (Å²) in [6.45, 7) is 0.0774. The van der Waals surface area contributed by atoms with Crippen molar-refractivity contribution in [2.24, 2.45) is 5.92 Å². The Morgan fingerprint density at radius 1 is 0.963 bits per heavy atom. The molecule has 2 aromatic carbocycles. The summed E-state index contributed by atoms with van der Waals surface area (Å²) in [5, 5.41) is 0.939. The molecule has 6 nitrogen and oxygen atoms in total. The van der Waals surface area contributed by atoms with Gasteiger partial charge in [0, 0.05) is 5.92 Å². The smallest absolute Gasteiger partial charge is 0.283 e. The van der Waals surface area contributed by atoms with Crippen molar-refractivity contribution >= 4 is 35.0 Å². The molecule has 0 bridgehead atoms. The van der Waals surface area contributed by atoms with Crippen molar-refractivity contribution in [2.45, 2.75) is 18.4 Å². The fraction of sp³-hybridized carbons (Fsp3) is 0.263. The van der Waals surface area contributed by atoms with Crippen LogP contribution in [0.2, 0.25) is 10.0 Å². The second-order valence-electron chi connectivity index (χ2n) is 6.46. The Bertz CT molecular complexity index is 905. The summed E-state index contributed by atoms with van der Waals surface area (Å²) in [5.41, 5.74) is 5.82. The molecule has 0 radical (unpaired) electrons. The van der Waals surface area contributed by atoms with E-state index >= 15 is 0 Å². The molecule has 1 heterocycles. The van der Waals surface area contributed by atoms with E-state index in [4.69, 9.17) is 32.7 Å². The minimum Gasteiger partial charge on any atom is -0.485 e. The summed E-state index contributed by atoms with van der Waals surface area (Å²) in [7, 11) is 0. The highest BCUT2D eigenvalue weighted by atomic mass is 35.5. The number of nitrogens with one attached hydrogen (secondary N) is 2. The third-order valence-electron chi connectivity index (χ3n) is 4.61. The molecule has 0 saturated heterocycles. The highest BCUT2D eigenvalue weighted by Gasteiger charge is 2.44. The molecule has 2 amide bonds. The van der Waals surface area contributed by atoms with Gasteiger partial charge in [0.25, 0.3) is 5.91 Å². The molecule has 2 N–H and O–H groups in total. The predicted octanol–water partition coefficient (Wildman–Crippen LogP) is 3.08. The minimum atomic E-state index is -0.828. The van der Waals surface area contributed by atoms with E-state index in [2.05, 4.69) is 10.9 Å². The molecule has 2 aromatic rings. The third kappa shape index (κ3) is 3.82. The zero-order chi connectivity index (χ0) is 19.0. The molecule has 2 aliphatic rings. The van der Waals surface area contributed by atoms with Crippen LogP contribution < -0.4 is 20.3 Å². The van der Waals surface area contributed by atoms with E-state index in [0.29, 0.717) is 28.0 Å². The molecule has 1 aliphatic carbocycles. The fourth-order valence-corrected chi connectivity index (χ4v) is 3.35. The third-order valence-corrected chi connectivity index (χ3v) is 5.35. The lowest BCUT2D eigenvalue weighted by molar-refractivity contribution is -0.135. The maximum absolute atomic E-state index is 12.3. The highest BCUT2D eigenvalue weighted by molar-refractivity contribution is 6.42. The van der Waals surface area contributed by atoms with E-state index in [1.54, 1.807) is 30.3 Å². The van der Waals surface area contributed by atoms with Crippen LogP contribution in [-0.4, -0.2) is 24.5 Å². The largest absolute Gasteiger partial charge is 0.485 e.